The Morgan fingerprint density at radius 1 is 1.47 bits per heavy atom. The average molecular weight is 234 g/mol. The highest BCUT2D eigenvalue weighted by molar-refractivity contribution is 5.56. The summed E-state index contributed by atoms with van der Waals surface area (Å²) >= 11 is 0. The molecule has 1 unspecified atom stereocenters. The minimum atomic E-state index is 0.640. The first-order valence-corrected chi connectivity index (χ1v) is 6.37. The minimum absolute atomic E-state index is 0.640. The molecule has 0 aromatic heterocycles. The number of hydrogen-bond acceptors (Lipinski definition) is 3. The fraction of sp³-hybridized carbons (Fsp3) is 0.571. The van der Waals surface area contributed by atoms with Crippen molar-refractivity contribution < 1.29 is 4.74 Å². The summed E-state index contributed by atoms with van der Waals surface area (Å²) in [5.74, 6) is 0.939. The van der Waals surface area contributed by atoms with E-state index in [-0.39, 0.29) is 0 Å². The molecule has 2 rings (SSSR count). The van der Waals surface area contributed by atoms with Gasteiger partial charge in [-0.25, -0.2) is 0 Å². The van der Waals surface area contributed by atoms with Gasteiger partial charge in [-0.3, -0.25) is 0 Å². The van der Waals surface area contributed by atoms with Crippen LogP contribution in [-0.4, -0.2) is 32.8 Å². The number of aryl methyl sites for hydroxylation is 1. The molecular weight excluding hydrogens is 212 g/mol. The van der Waals surface area contributed by atoms with Crippen molar-refractivity contribution in [3.63, 3.8) is 0 Å². The molecule has 1 aliphatic heterocycles. The van der Waals surface area contributed by atoms with E-state index in [0.717, 1.165) is 25.4 Å². The maximum absolute atomic E-state index is 5.24. The molecule has 0 saturated carbocycles. The summed E-state index contributed by atoms with van der Waals surface area (Å²) in [5.41, 5.74) is 2.63. The Hall–Kier alpha value is -1.22. The standard InChI is InChI=1S/C14H22N2O/c1-4-15-12-7-8-16(10-12)14-6-5-13(17-3)9-11(14)2/h5-6,9,12,15H,4,7-8,10H2,1-3H3. The molecule has 0 bridgehead atoms. The number of hydrogen-bond donors (Lipinski definition) is 1. The van der Waals surface area contributed by atoms with Gasteiger partial charge in [0.05, 0.1) is 7.11 Å². The molecule has 1 N–H and O–H groups in total. The number of nitrogens with zero attached hydrogens (tertiary/aromatic N) is 1. The van der Waals surface area contributed by atoms with Crippen LogP contribution in [0.3, 0.4) is 0 Å². The molecule has 1 saturated heterocycles. The van der Waals surface area contributed by atoms with Gasteiger partial charge in [-0.05, 0) is 43.7 Å². The second-order valence-electron chi connectivity index (χ2n) is 4.64. The number of rotatable bonds is 4. The molecule has 1 heterocycles. The fourth-order valence-corrected chi connectivity index (χ4v) is 2.54. The molecule has 1 fully saturated rings. The van der Waals surface area contributed by atoms with Crippen molar-refractivity contribution in [3.8, 4) is 5.75 Å². The number of nitrogens with one attached hydrogen (secondary N) is 1. The molecule has 3 nitrogen and oxygen atoms in total. The minimum Gasteiger partial charge on any atom is -0.497 e. The van der Waals surface area contributed by atoms with Crippen molar-refractivity contribution in [2.24, 2.45) is 0 Å². The van der Waals surface area contributed by atoms with Crippen LogP contribution >= 0.6 is 0 Å². The third-order valence-electron chi connectivity index (χ3n) is 3.43. The van der Waals surface area contributed by atoms with Crippen molar-refractivity contribution in [2.45, 2.75) is 26.3 Å². The summed E-state index contributed by atoms with van der Waals surface area (Å²) in [6.07, 6.45) is 1.24. The predicted octanol–water partition coefficient (Wildman–Crippen LogP) is 2.19. The van der Waals surface area contributed by atoms with E-state index < -0.39 is 0 Å². The van der Waals surface area contributed by atoms with E-state index in [1.165, 1.54) is 17.7 Å². The quantitative estimate of drug-likeness (QED) is 0.864. The zero-order valence-corrected chi connectivity index (χ0v) is 11.0. The summed E-state index contributed by atoms with van der Waals surface area (Å²) in [4.78, 5) is 2.46. The highest BCUT2D eigenvalue weighted by atomic mass is 16.5. The van der Waals surface area contributed by atoms with E-state index in [1.54, 1.807) is 7.11 Å². The Morgan fingerprint density at radius 2 is 2.29 bits per heavy atom. The van der Waals surface area contributed by atoms with Gasteiger partial charge in [0.15, 0.2) is 0 Å². The van der Waals surface area contributed by atoms with E-state index >= 15 is 0 Å². The van der Waals surface area contributed by atoms with E-state index in [9.17, 15) is 0 Å². The molecule has 0 amide bonds. The number of likely N-dealkylation sites (N-methyl/N-ethyl adjacent to an activating group) is 1. The second-order valence-corrected chi connectivity index (χ2v) is 4.64. The van der Waals surface area contributed by atoms with Crippen LogP contribution in [0.1, 0.15) is 18.9 Å². The zero-order chi connectivity index (χ0) is 12.3. The summed E-state index contributed by atoms with van der Waals surface area (Å²) in [7, 11) is 1.71. The summed E-state index contributed by atoms with van der Waals surface area (Å²) in [5, 5.41) is 3.52. The Morgan fingerprint density at radius 3 is 2.94 bits per heavy atom. The van der Waals surface area contributed by atoms with E-state index in [1.807, 2.05) is 6.07 Å². The van der Waals surface area contributed by atoms with E-state index in [2.05, 4.69) is 36.2 Å². The largest absolute Gasteiger partial charge is 0.497 e. The van der Waals surface area contributed by atoms with Gasteiger partial charge in [-0.15, -0.1) is 0 Å². The number of anilines is 1. The molecule has 0 spiro atoms. The third kappa shape index (κ3) is 2.72. The lowest BCUT2D eigenvalue weighted by atomic mass is 10.1. The lowest BCUT2D eigenvalue weighted by Gasteiger charge is -2.21. The Kier molecular flexibility index (Phi) is 3.89. The molecule has 1 aromatic carbocycles. The summed E-state index contributed by atoms with van der Waals surface area (Å²) in [6.45, 7) is 7.63. The molecule has 1 aromatic rings. The number of ether oxygens (including phenoxy) is 1. The lowest BCUT2D eigenvalue weighted by molar-refractivity contribution is 0.414. The first kappa shape index (κ1) is 12.2. The average Bonchev–Trinajstić information content (AvgIpc) is 2.78. The first-order chi connectivity index (χ1) is 8.24. The van der Waals surface area contributed by atoms with Gasteiger partial charge < -0.3 is 15.0 Å². The van der Waals surface area contributed by atoms with Gasteiger partial charge in [0.25, 0.3) is 0 Å². The number of benzene rings is 1. The van der Waals surface area contributed by atoms with Crippen LogP contribution in [0.25, 0.3) is 0 Å². The van der Waals surface area contributed by atoms with Gasteiger partial charge in [0.2, 0.25) is 0 Å². The summed E-state index contributed by atoms with van der Waals surface area (Å²) in [6, 6.07) is 6.96. The van der Waals surface area contributed by atoms with Gasteiger partial charge in [-0.2, -0.15) is 0 Å². The van der Waals surface area contributed by atoms with E-state index in [0.29, 0.717) is 6.04 Å². The predicted molar refractivity (Wildman–Crippen MR) is 72.0 cm³/mol. The highest BCUT2D eigenvalue weighted by Gasteiger charge is 2.22. The van der Waals surface area contributed by atoms with Crippen molar-refractivity contribution in [2.75, 3.05) is 31.6 Å². The normalized spacial score (nSPS) is 19.7. The van der Waals surface area contributed by atoms with Crippen LogP contribution in [0.15, 0.2) is 18.2 Å². The first-order valence-electron chi connectivity index (χ1n) is 6.37. The van der Waals surface area contributed by atoms with Gasteiger partial charge in [0.1, 0.15) is 5.75 Å². The summed E-state index contributed by atoms with van der Waals surface area (Å²) < 4.78 is 5.24. The van der Waals surface area contributed by atoms with Crippen molar-refractivity contribution in [1.82, 2.24) is 5.32 Å². The highest BCUT2D eigenvalue weighted by Crippen LogP contribution is 2.27. The molecule has 94 valence electrons. The Bertz CT molecular complexity index is 378. The molecule has 17 heavy (non-hydrogen) atoms. The molecule has 1 atom stereocenters. The molecule has 0 aliphatic carbocycles. The van der Waals surface area contributed by atoms with Crippen LogP contribution < -0.4 is 15.0 Å². The molecule has 1 aliphatic rings. The van der Waals surface area contributed by atoms with Crippen LogP contribution in [-0.2, 0) is 0 Å². The maximum atomic E-state index is 5.24. The van der Waals surface area contributed by atoms with Crippen molar-refractivity contribution in [1.29, 1.82) is 0 Å². The van der Waals surface area contributed by atoms with Gasteiger partial charge in [-0.1, -0.05) is 6.92 Å². The van der Waals surface area contributed by atoms with Gasteiger partial charge >= 0.3 is 0 Å². The van der Waals surface area contributed by atoms with Gasteiger partial charge in [0, 0.05) is 24.8 Å². The van der Waals surface area contributed by atoms with Crippen LogP contribution in [0.5, 0.6) is 5.75 Å². The van der Waals surface area contributed by atoms with E-state index in [4.69, 9.17) is 4.74 Å². The van der Waals surface area contributed by atoms with Crippen molar-refractivity contribution >= 4 is 5.69 Å². The maximum Gasteiger partial charge on any atom is 0.119 e. The zero-order valence-electron chi connectivity index (χ0n) is 11.0. The Balaban J connectivity index is 2.08. The lowest BCUT2D eigenvalue weighted by Crippen LogP contribution is -2.32. The SMILES string of the molecule is CCNC1CCN(c2ccc(OC)cc2C)C1. The molecule has 3 heteroatoms. The second kappa shape index (κ2) is 5.41. The number of methoxy groups -OCH3 is 1. The smallest absolute Gasteiger partial charge is 0.119 e. The fourth-order valence-electron chi connectivity index (χ4n) is 2.54. The monoisotopic (exact) mass is 234 g/mol. The van der Waals surface area contributed by atoms with Crippen LogP contribution in [0.2, 0.25) is 0 Å². The Labute approximate surface area is 104 Å². The van der Waals surface area contributed by atoms with Crippen LogP contribution in [0, 0.1) is 6.92 Å². The molecular formula is C14H22N2O. The van der Waals surface area contributed by atoms with Crippen LogP contribution in [0.4, 0.5) is 5.69 Å². The topological polar surface area (TPSA) is 24.5 Å². The van der Waals surface area contributed by atoms with Crippen molar-refractivity contribution in [3.05, 3.63) is 23.8 Å². The molecule has 0 radical (unpaired) electrons. The third-order valence-corrected chi connectivity index (χ3v) is 3.43.